The normalized spacial score (nSPS) is 18.0. The summed E-state index contributed by atoms with van der Waals surface area (Å²) in [5, 5.41) is 9.54. The molecule has 1 aromatic heterocycles. The number of likely N-dealkylation sites (tertiary alicyclic amines) is 1. The molecule has 6 heteroatoms. The number of hydrogen-bond donors (Lipinski definition) is 2. The van der Waals surface area contributed by atoms with Gasteiger partial charge in [0.2, 0.25) is 5.91 Å². The molecule has 1 saturated heterocycles. The number of carboxylic acids is 1. The summed E-state index contributed by atoms with van der Waals surface area (Å²) in [7, 11) is 0. The number of carbonyl (C=O) groups is 2. The molecule has 0 aliphatic carbocycles. The van der Waals surface area contributed by atoms with Crippen LogP contribution in [0.1, 0.15) is 31.2 Å². The minimum Gasteiger partial charge on any atom is -0.481 e. The van der Waals surface area contributed by atoms with Crippen LogP contribution in [0.2, 0.25) is 0 Å². The lowest BCUT2D eigenvalue weighted by molar-refractivity contribution is -0.137. The zero-order chi connectivity index (χ0) is 17.1. The minimum atomic E-state index is -0.792. The zero-order valence-corrected chi connectivity index (χ0v) is 13.4. The Morgan fingerprint density at radius 3 is 3.00 bits per heavy atom. The Bertz CT molecular complexity index is 756. The molecule has 2 aromatic rings. The molecule has 24 heavy (non-hydrogen) atoms. The number of aromatic nitrogens is 1. The predicted octanol–water partition coefficient (Wildman–Crippen LogP) is 2.95. The van der Waals surface area contributed by atoms with Crippen molar-refractivity contribution in [2.45, 2.75) is 32.1 Å². The SMILES string of the molecule is O=C(O)CC[C@@H]1CCCN(C(=O)Cc2c[nH]c3ccc(F)cc23)C1. The molecular weight excluding hydrogens is 311 g/mol. The largest absolute Gasteiger partial charge is 0.481 e. The Morgan fingerprint density at radius 1 is 1.38 bits per heavy atom. The molecule has 5 nitrogen and oxygen atoms in total. The van der Waals surface area contributed by atoms with Gasteiger partial charge in [0, 0.05) is 36.6 Å². The molecule has 0 saturated carbocycles. The lowest BCUT2D eigenvalue weighted by Crippen LogP contribution is -2.40. The number of nitrogens with zero attached hydrogens (tertiary/aromatic N) is 1. The Hall–Kier alpha value is -2.37. The summed E-state index contributed by atoms with van der Waals surface area (Å²) in [6.45, 7) is 1.32. The predicted molar refractivity (Wildman–Crippen MR) is 88.1 cm³/mol. The minimum absolute atomic E-state index is 0.0141. The van der Waals surface area contributed by atoms with E-state index in [-0.39, 0.29) is 30.5 Å². The van der Waals surface area contributed by atoms with Crippen molar-refractivity contribution < 1.29 is 19.1 Å². The van der Waals surface area contributed by atoms with Crippen molar-refractivity contribution >= 4 is 22.8 Å². The standard InChI is InChI=1S/C18H21FN2O3/c19-14-4-5-16-15(9-14)13(10-20-16)8-17(22)21-7-1-2-12(11-21)3-6-18(23)24/h4-5,9-10,12,20H,1-3,6-8,11H2,(H,23,24)/t12-/m0/s1. The smallest absolute Gasteiger partial charge is 0.303 e. The summed E-state index contributed by atoms with van der Waals surface area (Å²) in [6, 6.07) is 4.50. The Balaban J connectivity index is 1.65. The van der Waals surface area contributed by atoms with Gasteiger partial charge >= 0.3 is 5.97 Å². The highest BCUT2D eigenvalue weighted by atomic mass is 19.1. The summed E-state index contributed by atoms with van der Waals surface area (Å²) < 4.78 is 13.4. The number of carbonyl (C=O) groups excluding carboxylic acids is 1. The maximum atomic E-state index is 13.4. The molecule has 0 unspecified atom stereocenters. The van der Waals surface area contributed by atoms with E-state index >= 15 is 0 Å². The van der Waals surface area contributed by atoms with Gasteiger partial charge in [-0.2, -0.15) is 0 Å². The van der Waals surface area contributed by atoms with Crippen LogP contribution in [-0.2, 0) is 16.0 Å². The van der Waals surface area contributed by atoms with Crippen LogP contribution >= 0.6 is 0 Å². The number of hydrogen-bond acceptors (Lipinski definition) is 2. The topological polar surface area (TPSA) is 73.4 Å². The number of fused-ring (bicyclic) bond motifs is 1. The van der Waals surface area contributed by atoms with E-state index in [1.165, 1.54) is 12.1 Å². The lowest BCUT2D eigenvalue weighted by atomic mass is 9.93. The maximum Gasteiger partial charge on any atom is 0.303 e. The average Bonchev–Trinajstić information content (AvgIpc) is 2.95. The summed E-state index contributed by atoms with van der Waals surface area (Å²) in [5.41, 5.74) is 1.61. The van der Waals surface area contributed by atoms with E-state index < -0.39 is 5.97 Å². The van der Waals surface area contributed by atoms with Gasteiger partial charge in [0.1, 0.15) is 5.82 Å². The third-order valence-corrected chi connectivity index (χ3v) is 4.71. The Kier molecular flexibility index (Phi) is 4.83. The first-order valence-corrected chi connectivity index (χ1v) is 8.28. The van der Waals surface area contributed by atoms with Gasteiger partial charge in [0.15, 0.2) is 0 Å². The number of H-pyrrole nitrogens is 1. The number of aromatic amines is 1. The van der Waals surface area contributed by atoms with E-state index in [0.717, 1.165) is 29.3 Å². The highest BCUT2D eigenvalue weighted by molar-refractivity contribution is 5.89. The molecular formula is C18H21FN2O3. The monoisotopic (exact) mass is 332 g/mol. The first-order chi connectivity index (χ1) is 11.5. The fourth-order valence-electron chi connectivity index (χ4n) is 3.43. The van der Waals surface area contributed by atoms with Gasteiger partial charge in [-0.15, -0.1) is 0 Å². The number of carboxylic acid groups (broad SMARTS) is 1. The molecule has 1 aliphatic rings. The van der Waals surface area contributed by atoms with Crippen molar-refractivity contribution in [2.75, 3.05) is 13.1 Å². The molecule has 2 N–H and O–H groups in total. The highest BCUT2D eigenvalue weighted by Crippen LogP contribution is 2.24. The molecule has 2 heterocycles. The number of benzene rings is 1. The van der Waals surface area contributed by atoms with Crippen LogP contribution in [0.3, 0.4) is 0 Å². The highest BCUT2D eigenvalue weighted by Gasteiger charge is 2.24. The molecule has 128 valence electrons. The van der Waals surface area contributed by atoms with Gasteiger partial charge in [-0.3, -0.25) is 9.59 Å². The maximum absolute atomic E-state index is 13.4. The van der Waals surface area contributed by atoms with Crippen molar-refractivity contribution in [3.63, 3.8) is 0 Å². The number of aliphatic carboxylic acids is 1. The summed E-state index contributed by atoms with van der Waals surface area (Å²) in [5.74, 6) is -0.846. The third-order valence-electron chi connectivity index (χ3n) is 4.71. The number of halogens is 1. The summed E-state index contributed by atoms with van der Waals surface area (Å²) >= 11 is 0. The van der Waals surface area contributed by atoms with Gasteiger partial charge in [0.25, 0.3) is 0 Å². The quantitative estimate of drug-likeness (QED) is 0.884. The lowest BCUT2D eigenvalue weighted by Gasteiger charge is -2.32. The second-order valence-corrected chi connectivity index (χ2v) is 6.46. The van der Waals surface area contributed by atoms with Crippen molar-refractivity contribution in [3.05, 3.63) is 35.8 Å². The second-order valence-electron chi connectivity index (χ2n) is 6.46. The first-order valence-electron chi connectivity index (χ1n) is 8.28. The van der Waals surface area contributed by atoms with Crippen LogP contribution in [-0.4, -0.2) is 40.0 Å². The van der Waals surface area contributed by atoms with E-state index in [0.29, 0.717) is 19.5 Å². The molecule has 1 aliphatic heterocycles. The number of amides is 1. The van der Waals surface area contributed by atoms with Crippen molar-refractivity contribution in [1.82, 2.24) is 9.88 Å². The van der Waals surface area contributed by atoms with E-state index in [2.05, 4.69) is 4.98 Å². The Morgan fingerprint density at radius 2 is 2.21 bits per heavy atom. The van der Waals surface area contributed by atoms with E-state index in [1.807, 2.05) is 4.90 Å². The van der Waals surface area contributed by atoms with E-state index in [4.69, 9.17) is 5.11 Å². The summed E-state index contributed by atoms with van der Waals surface area (Å²) in [4.78, 5) is 28.2. The van der Waals surface area contributed by atoms with Gasteiger partial charge in [-0.05, 0) is 48.9 Å². The van der Waals surface area contributed by atoms with Crippen LogP contribution in [0.25, 0.3) is 10.9 Å². The van der Waals surface area contributed by atoms with E-state index in [9.17, 15) is 14.0 Å². The zero-order valence-electron chi connectivity index (χ0n) is 13.4. The van der Waals surface area contributed by atoms with Gasteiger partial charge in [0.05, 0.1) is 6.42 Å². The van der Waals surface area contributed by atoms with Gasteiger partial charge < -0.3 is 15.0 Å². The summed E-state index contributed by atoms with van der Waals surface area (Å²) in [6.07, 6.45) is 4.61. The van der Waals surface area contributed by atoms with Crippen LogP contribution in [0.5, 0.6) is 0 Å². The van der Waals surface area contributed by atoms with E-state index in [1.54, 1.807) is 12.3 Å². The van der Waals surface area contributed by atoms with Gasteiger partial charge in [-0.25, -0.2) is 4.39 Å². The van der Waals surface area contributed by atoms with Crippen LogP contribution < -0.4 is 0 Å². The fraction of sp³-hybridized carbons (Fsp3) is 0.444. The molecule has 0 bridgehead atoms. The van der Waals surface area contributed by atoms with Crippen molar-refractivity contribution in [1.29, 1.82) is 0 Å². The number of piperidine rings is 1. The van der Waals surface area contributed by atoms with Crippen LogP contribution in [0, 0.1) is 11.7 Å². The number of rotatable bonds is 5. The van der Waals surface area contributed by atoms with Gasteiger partial charge in [-0.1, -0.05) is 0 Å². The van der Waals surface area contributed by atoms with Crippen LogP contribution in [0.4, 0.5) is 4.39 Å². The third kappa shape index (κ3) is 3.75. The molecule has 1 aromatic carbocycles. The molecule has 0 radical (unpaired) electrons. The molecule has 1 fully saturated rings. The van der Waals surface area contributed by atoms with Crippen molar-refractivity contribution in [2.24, 2.45) is 5.92 Å². The average molecular weight is 332 g/mol. The molecule has 3 rings (SSSR count). The number of nitrogens with one attached hydrogen (secondary N) is 1. The molecule has 1 amide bonds. The Labute approximate surface area is 139 Å². The fourth-order valence-corrected chi connectivity index (χ4v) is 3.43. The first kappa shape index (κ1) is 16.5. The molecule has 0 spiro atoms. The second kappa shape index (κ2) is 7.03. The van der Waals surface area contributed by atoms with Crippen molar-refractivity contribution in [3.8, 4) is 0 Å². The molecule has 1 atom stereocenters. The van der Waals surface area contributed by atoms with Crippen LogP contribution in [0.15, 0.2) is 24.4 Å².